The molecule has 2 N–H and O–H groups in total. The highest BCUT2D eigenvalue weighted by atomic mass is 16.2. The molecule has 0 bridgehead atoms. The maximum absolute atomic E-state index is 12.5. The average molecular weight is 435 g/mol. The molecule has 0 aromatic heterocycles. The molecule has 4 rings (SSSR count). The third-order valence-corrected chi connectivity index (χ3v) is 6.47. The highest BCUT2D eigenvalue weighted by Crippen LogP contribution is 2.23. The summed E-state index contributed by atoms with van der Waals surface area (Å²) < 4.78 is 0. The maximum atomic E-state index is 12.5. The summed E-state index contributed by atoms with van der Waals surface area (Å²) >= 11 is 0. The van der Waals surface area contributed by atoms with E-state index in [-0.39, 0.29) is 11.8 Å². The van der Waals surface area contributed by atoms with E-state index < -0.39 is 0 Å². The highest BCUT2D eigenvalue weighted by molar-refractivity contribution is 6.21. The van der Waals surface area contributed by atoms with Crippen molar-refractivity contribution < 1.29 is 9.59 Å². The van der Waals surface area contributed by atoms with Gasteiger partial charge in [0.1, 0.15) is 0 Å². The molecule has 2 amide bonds. The van der Waals surface area contributed by atoms with Gasteiger partial charge in [-0.1, -0.05) is 30.3 Å². The lowest BCUT2D eigenvalue weighted by atomic mass is 10.0. The molecule has 0 aliphatic carbocycles. The van der Waals surface area contributed by atoms with E-state index in [2.05, 4.69) is 40.7 Å². The topological polar surface area (TPSA) is 64.7 Å². The molecule has 6 nitrogen and oxygen atoms in total. The fourth-order valence-electron chi connectivity index (χ4n) is 4.50. The lowest BCUT2D eigenvalue weighted by Gasteiger charge is -2.23. The SMILES string of the molecule is Cc1ccc(CCCCN2C(=O)c3ccccc3C2=O)cc1CN1CCNCCNCC1. The molecule has 0 spiro atoms. The van der Waals surface area contributed by atoms with Crippen LogP contribution in [-0.2, 0) is 13.0 Å². The summed E-state index contributed by atoms with van der Waals surface area (Å²) in [5.41, 5.74) is 5.12. The van der Waals surface area contributed by atoms with Gasteiger partial charge in [0.05, 0.1) is 11.1 Å². The molecule has 170 valence electrons. The molecular weight excluding hydrogens is 400 g/mol. The number of hydrogen-bond donors (Lipinski definition) is 2. The van der Waals surface area contributed by atoms with E-state index in [1.165, 1.54) is 21.6 Å². The summed E-state index contributed by atoms with van der Waals surface area (Å²) in [4.78, 5) is 28.9. The summed E-state index contributed by atoms with van der Waals surface area (Å²) in [6.45, 7) is 9.88. The zero-order valence-electron chi connectivity index (χ0n) is 19.0. The molecule has 2 aromatic carbocycles. The molecule has 1 fully saturated rings. The third kappa shape index (κ3) is 5.44. The van der Waals surface area contributed by atoms with Crippen molar-refractivity contribution in [2.75, 3.05) is 45.8 Å². The van der Waals surface area contributed by atoms with Gasteiger partial charge in [-0.3, -0.25) is 19.4 Å². The van der Waals surface area contributed by atoms with Crippen molar-refractivity contribution in [2.24, 2.45) is 0 Å². The van der Waals surface area contributed by atoms with Gasteiger partial charge in [0.25, 0.3) is 11.8 Å². The Kier molecular flexibility index (Phi) is 7.68. The number of aryl methyl sites for hydroxylation is 2. The summed E-state index contributed by atoms with van der Waals surface area (Å²) in [7, 11) is 0. The van der Waals surface area contributed by atoms with Crippen molar-refractivity contribution in [3.8, 4) is 0 Å². The number of nitrogens with zero attached hydrogens (tertiary/aromatic N) is 2. The molecule has 0 unspecified atom stereocenters. The third-order valence-electron chi connectivity index (χ3n) is 6.47. The van der Waals surface area contributed by atoms with Gasteiger partial charge in [0, 0.05) is 52.4 Å². The van der Waals surface area contributed by atoms with Crippen LogP contribution in [0.1, 0.15) is 50.2 Å². The second-order valence-electron chi connectivity index (χ2n) is 8.80. The molecule has 6 heteroatoms. The minimum Gasteiger partial charge on any atom is -0.314 e. The van der Waals surface area contributed by atoms with Gasteiger partial charge in [-0.05, 0) is 55.0 Å². The number of fused-ring (bicyclic) bond motifs is 1. The molecule has 2 aromatic rings. The van der Waals surface area contributed by atoms with Crippen LogP contribution in [-0.4, -0.2) is 67.4 Å². The summed E-state index contributed by atoms with van der Waals surface area (Å²) in [6.07, 6.45) is 2.73. The minimum absolute atomic E-state index is 0.156. The molecule has 2 aliphatic heterocycles. The Morgan fingerprint density at radius 3 is 2.16 bits per heavy atom. The van der Waals surface area contributed by atoms with Gasteiger partial charge in [0.15, 0.2) is 0 Å². The molecule has 0 saturated carbocycles. The van der Waals surface area contributed by atoms with Crippen molar-refractivity contribution in [3.05, 3.63) is 70.3 Å². The number of imide groups is 1. The van der Waals surface area contributed by atoms with Crippen LogP contribution in [0.3, 0.4) is 0 Å². The van der Waals surface area contributed by atoms with Crippen LogP contribution in [0.2, 0.25) is 0 Å². The second kappa shape index (κ2) is 10.9. The van der Waals surface area contributed by atoms with Gasteiger partial charge >= 0.3 is 0 Å². The van der Waals surface area contributed by atoms with E-state index in [1.807, 2.05) is 12.1 Å². The number of rotatable bonds is 7. The van der Waals surface area contributed by atoms with E-state index >= 15 is 0 Å². The van der Waals surface area contributed by atoms with Gasteiger partial charge in [-0.2, -0.15) is 0 Å². The Hall–Kier alpha value is -2.54. The van der Waals surface area contributed by atoms with Crippen molar-refractivity contribution in [1.82, 2.24) is 20.4 Å². The van der Waals surface area contributed by atoms with E-state index in [0.29, 0.717) is 17.7 Å². The van der Waals surface area contributed by atoms with E-state index in [4.69, 9.17) is 0 Å². The maximum Gasteiger partial charge on any atom is 0.261 e. The number of amides is 2. The summed E-state index contributed by atoms with van der Waals surface area (Å²) in [5, 5.41) is 6.96. The van der Waals surface area contributed by atoms with Crippen LogP contribution in [0.4, 0.5) is 0 Å². The fraction of sp³-hybridized carbons (Fsp3) is 0.462. The van der Waals surface area contributed by atoms with Crippen LogP contribution < -0.4 is 10.6 Å². The van der Waals surface area contributed by atoms with Crippen LogP contribution in [0.15, 0.2) is 42.5 Å². The van der Waals surface area contributed by atoms with Crippen molar-refractivity contribution >= 4 is 11.8 Å². The lowest BCUT2D eigenvalue weighted by Crippen LogP contribution is -2.33. The van der Waals surface area contributed by atoms with Crippen LogP contribution in [0, 0.1) is 6.92 Å². The largest absolute Gasteiger partial charge is 0.314 e. The zero-order valence-corrected chi connectivity index (χ0v) is 19.0. The Balaban J connectivity index is 1.29. The fourth-order valence-corrected chi connectivity index (χ4v) is 4.50. The molecule has 0 radical (unpaired) electrons. The number of carbonyl (C=O) groups excluding carboxylic acids is 2. The van der Waals surface area contributed by atoms with E-state index in [1.54, 1.807) is 12.1 Å². The zero-order chi connectivity index (χ0) is 22.3. The van der Waals surface area contributed by atoms with Crippen LogP contribution >= 0.6 is 0 Å². The van der Waals surface area contributed by atoms with Gasteiger partial charge in [0.2, 0.25) is 0 Å². The first-order valence-corrected chi connectivity index (χ1v) is 11.8. The van der Waals surface area contributed by atoms with E-state index in [0.717, 1.165) is 65.1 Å². The Labute approximate surface area is 191 Å². The summed E-state index contributed by atoms with van der Waals surface area (Å²) in [5.74, 6) is -0.312. The summed E-state index contributed by atoms with van der Waals surface area (Å²) in [6, 6.07) is 13.9. The molecule has 2 aliphatic rings. The number of nitrogens with one attached hydrogen (secondary N) is 2. The van der Waals surface area contributed by atoms with Crippen LogP contribution in [0.25, 0.3) is 0 Å². The Morgan fingerprint density at radius 2 is 1.50 bits per heavy atom. The first-order chi connectivity index (χ1) is 15.6. The molecule has 32 heavy (non-hydrogen) atoms. The lowest BCUT2D eigenvalue weighted by molar-refractivity contribution is 0.0652. The Bertz CT molecular complexity index is 914. The standard InChI is InChI=1S/C26H34N4O2/c1-20-9-10-21(18-22(20)19-29-16-13-27-11-12-28-14-17-29)6-4-5-15-30-25(31)23-7-2-3-8-24(23)26(30)32/h2-3,7-10,18,27-28H,4-6,11-17,19H2,1H3. The first kappa shape index (κ1) is 22.6. The smallest absolute Gasteiger partial charge is 0.261 e. The van der Waals surface area contributed by atoms with Crippen LogP contribution in [0.5, 0.6) is 0 Å². The van der Waals surface area contributed by atoms with Gasteiger partial charge in [-0.15, -0.1) is 0 Å². The van der Waals surface area contributed by atoms with Gasteiger partial charge in [-0.25, -0.2) is 0 Å². The molecular formula is C26H34N4O2. The monoisotopic (exact) mass is 434 g/mol. The predicted molar refractivity (Wildman–Crippen MR) is 127 cm³/mol. The average Bonchev–Trinajstić information content (AvgIpc) is 3.12. The first-order valence-electron chi connectivity index (χ1n) is 11.8. The molecule has 2 heterocycles. The number of benzene rings is 2. The second-order valence-corrected chi connectivity index (χ2v) is 8.80. The minimum atomic E-state index is -0.156. The quantitative estimate of drug-likeness (QED) is 0.518. The van der Waals surface area contributed by atoms with Crippen molar-refractivity contribution in [1.29, 1.82) is 0 Å². The Morgan fingerprint density at radius 1 is 0.844 bits per heavy atom. The number of unbranched alkanes of at least 4 members (excludes halogenated alkanes) is 1. The predicted octanol–water partition coefficient (Wildman–Crippen LogP) is 2.61. The highest BCUT2D eigenvalue weighted by Gasteiger charge is 2.34. The number of carbonyl (C=O) groups is 2. The normalized spacial score (nSPS) is 17.7. The van der Waals surface area contributed by atoms with Gasteiger partial charge < -0.3 is 10.6 Å². The van der Waals surface area contributed by atoms with E-state index in [9.17, 15) is 9.59 Å². The molecule has 0 atom stereocenters. The van der Waals surface area contributed by atoms with Crippen molar-refractivity contribution in [2.45, 2.75) is 32.7 Å². The molecule has 1 saturated heterocycles. The van der Waals surface area contributed by atoms with Crippen molar-refractivity contribution in [3.63, 3.8) is 0 Å². The number of hydrogen-bond acceptors (Lipinski definition) is 5.